The molecule has 0 radical (unpaired) electrons. The molecule has 0 saturated heterocycles. The number of nitrogens with one attached hydrogen (secondary N) is 1. The van der Waals surface area contributed by atoms with Gasteiger partial charge >= 0.3 is 0 Å². The van der Waals surface area contributed by atoms with Crippen LogP contribution in [0.15, 0.2) is 41.2 Å². The number of allylic oxidation sites excluding steroid dienone is 1. The van der Waals surface area contributed by atoms with E-state index in [-0.39, 0.29) is 17.6 Å². The third kappa shape index (κ3) is 1.90. The molecule has 0 aliphatic carbocycles. The Hall–Kier alpha value is -2.10. The Morgan fingerprint density at radius 3 is 3.11 bits per heavy atom. The van der Waals surface area contributed by atoms with Crippen LogP contribution in [0.3, 0.4) is 0 Å². The fraction of sp³-hybridized carbons (Fsp3) is 0.214. The second-order valence-electron chi connectivity index (χ2n) is 4.40. The molecule has 0 unspecified atom stereocenters. The van der Waals surface area contributed by atoms with Gasteiger partial charge in [-0.1, -0.05) is 0 Å². The highest BCUT2D eigenvalue weighted by atomic mass is 19.1. The van der Waals surface area contributed by atoms with Gasteiger partial charge in [-0.25, -0.2) is 4.39 Å². The van der Waals surface area contributed by atoms with E-state index in [1.165, 1.54) is 0 Å². The van der Waals surface area contributed by atoms with E-state index in [1.54, 1.807) is 30.6 Å². The van der Waals surface area contributed by atoms with Crippen molar-refractivity contribution in [2.24, 2.45) is 4.99 Å². The fourth-order valence-corrected chi connectivity index (χ4v) is 2.06. The summed E-state index contributed by atoms with van der Waals surface area (Å²) in [6, 6.07) is 5.35. The Balaban J connectivity index is 1.93. The number of fused-ring (bicyclic) bond motifs is 1. The molecule has 1 aliphatic heterocycles. The molecule has 0 spiro atoms. The van der Waals surface area contributed by atoms with Crippen molar-refractivity contribution in [1.82, 2.24) is 4.98 Å². The maximum absolute atomic E-state index is 14.1. The number of rotatable bonds is 2. The second kappa shape index (κ2) is 4.29. The van der Waals surface area contributed by atoms with Crippen molar-refractivity contribution in [2.75, 3.05) is 0 Å². The maximum atomic E-state index is 14.1. The van der Waals surface area contributed by atoms with Crippen molar-refractivity contribution < 1.29 is 9.13 Å². The minimum Gasteiger partial charge on any atom is -0.458 e. The number of hydrogen-bond donors (Lipinski definition) is 1. The summed E-state index contributed by atoms with van der Waals surface area (Å²) in [5, 5.41) is 0.547. The third-order valence-corrected chi connectivity index (χ3v) is 2.97. The molecule has 1 aliphatic rings. The highest BCUT2D eigenvalue weighted by molar-refractivity contribution is 5.81. The lowest BCUT2D eigenvalue weighted by atomic mass is 10.1. The average molecular weight is 244 g/mol. The first-order chi connectivity index (χ1) is 8.74. The zero-order valence-corrected chi connectivity index (χ0v) is 9.98. The second-order valence-corrected chi connectivity index (χ2v) is 4.40. The first kappa shape index (κ1) is 11.0. The first-order valence-electron chi connectivity index (χ1n) is 5.90. The molecule has 1 atom stereocenters. The van der Waals surface area contributed by atoms with Crippen molar-refractivity contribution in [1.29, 1.82) is 0 Å². The number of H-pyrrole nitrogens is 1. The quantitative estimate of drug-likeness (QED) is 0.863. The maximum Gasteiger partial charge on any atom is 0.175 e. The molecule has 0 saturated carbocycles. The van der Waals surface area contributed by atoms with Crippen molar-refractivity contribution in [3.63, 3.8) is 0 Å². The van der Waals surface area contributed by atoms with Gasteiger partial charge in [0.2, 0.25) is 0 Å². The van der Waals surface area contributed by atoms with Crippen LogP contribution in [0.5, 0.6) is 5.75 Å². The van der Waals surface area contributed by atoms with Gasteiger partial charge in [-0.3, -0.25) is 4.99 Å². The molecule has 1 aromatic heterocycles. The Morgan fingerprint density at radius 1 is 1.39 bits per heavy atom. The summed E-state index contributed by atoms with van der Waals surface area (Å²) in [4.78, 5) is 7.17. The lowest BCUT2D eigenvalue weighted by Crippen LogP contribution is -2.10. The van der Waals surface area contributed by atoms with Crippen LogP contribution in [-0.2, 0) is 0 Å². The van der Waals surface area contributed by atoms with Gasteiger partial charge in [0.15, 0.2) is 11.6 Å². The van der Waals surface area contributed by atoms with E-state index in [9.17, 15) is 4.39 Å². The molecule has 4 heteroatoms. The van der Waals surface area contributed by atoms with Gasteiger partial charge < -0.3 is 9.72 Å². The van der Waals surface area contributed by atoms with Crippen LogP contribution in [0, 0.1) is 5.82 Å². The summed E-state index contributed by atoms with van der Waals surface area (Å²) in [5.74, 6) is 0.673. The first-order valence-corrected chi connectivity index (χ1v) is 5.90. The molecular formula is C14H13FN2O. The zero-order chi connectivity index (χ0) is 12.5. The van der Waals surface area contributed by atoms with Crippen LogP contribution in [-0.4, -0.2) is 17.2 Å². The van der Waals surface area contributed by atoms with Gasteiger partial charge in [-0.05, 0) is 31.2 Å². The molecule has 1 N–H and O–H groups in total. The highest BCUT2D eigenvalue weighted by Crippen LogP contribution is 2.28. The molecule has 0 amide bonds. The van der Waals surface area contributed by atoms with E-state index >= 15 is 0 Å². The topological polar surface area (TPSA) is 37.4 Å². The number of halogens is 1. The lowest BCUT2D eigenvalue weighted by molar-refractivity contribution is 0.371. The van der Waals surface area contributed by atoms with Crippen LogP contribution >= 0.6 is 0 Å². The fourth-order valence-electron chi connectivity index (χ4n) is 2.06. The SMILES string of the molecule is C[C@H]1CC(Oc2ccc3[nH]ccc3c2F)=CC=N1. The van der Waals surface area contributed by atoms with E-state index in [0.717, 1.165) is 11.3 Å². The largest absolute Gasteiger partial charge is 0.458 e. The molecule has 1 aromatic carbocycles. The molecule has 92 valence electrons. The van der Waals surface area contributed by atoms with Crippen LogP contribution in [0.4, 0.5) is 4.39 Å². The van der Waals surface area contributed by atoms with Crippen LogP contribution in [0.25, 0.3) is 10.9 Å². The third-order valence-electron chi connectivity index (χ3n) is 2.97. The molecule has 0 bridgehead atoms. The number of hydrogen-bond acceptors (Lipinski definition) is 2. The van der Waals surface area contributed by atoms with Gasteiger partial charge in [0.1, 0.15) is 5.76 Å². The Kier molecular flexibility index (Phi) is 2.63. The minimum atomic E-state index is -0.329. The summed E-state index contributed by atoms with van der Waals surface area (Å²) < 4.78 is 19.8. The molecule has 3 rings (SSSR count). The molecule has 0 fully saturated rings. The Morgan fingerprint density at radius 2 is 2.28 bits per heavy atom. The summed E-state index contributed by atoms with van der Waals surface area (Å²) in [6.45, 7) is 2.00. The van der Waals surface area contributed by atoms with Crippen molar-refractivity contribution in [3.8, 4) is 5.75 Å². The molecular weight excluding hydrogens is 231 g/mol. The molecule has 18 heavy (non-hydrogen) atoms. The average Bonchev–Trinajstić information content (AvgIpc) is 2.82. The molecule has 2 aromatic rings. The lowest BCUT2D eigenvalue weighted by Gasteiger charge is -2.15. The van der Waals surface area contributed by atoms with Crippen molar-refractivity contribution in [2.45, 2.75) is 19.4 Å². The smallest absolute Gasteiger partial charge is 0.175 e. The summed E-state index contributed by atoms with van der Waals surface area (Å²) in [6.07, 6.45) is 5.89. The predicted molar refractivity (Wildman–Crippen MR) is 69.5 cm³/mol. The number of benzene rings is 1. The Labute approximate surface area is 104 Å². The number of nitrogens with zero attached hydrogens (tertiary/aromatic N) is 1. The monoisotopic (exact) mass is 244 g/mol. The van der Waals surface area contributed by atoms with Crippen LogP contribution < -0.4 is 4.74 Å². The van der Waals surface area contributed by atoms with Crippen LogP contribution in [0.2, 0.25) is 0 Å². The highest BCUT2D eigenvalue weighted by Gasteiger charge is 2.14. The van der Waals surface area contributed by atoms with E-state index in [0.29, 0.717) is 11.8 Å². The number of dihydropyridines is 1. The van der Waals surface area contributed by atoms with Crippen molar-refractivity contribution >= 4 is 17.1 Å². The normalized spacial score (nSPS) is 19.0. The van der Waals surface area contributed by atoms with Gasteiger partial charge in [0.25, 0.3) is 0 Å². The number of aliphatic imine (C=N–C) groups is 1. The predicted octanol–water partition coefficient (Wildman–Crippen LogP) is 3.43. The van der Waals surface area contributed by atoms with Crippen molar-refractivity contribution in [3.05, 3.63) is 42.0 Å². The number of ether oxygens (including phenoxy) is 1. The standard InChI is InChI=1S/C14H13FN2O/c1-9-8-10(4-6-16-9)18-13-3-2-12-11(14(13)15)5-7-17-12/h2-7,9,17H,8H2,1H3/t9-/m0/s1. The molecule has 3 nitrogen and oxygen atoms in total. The number of aromatic amines is 1. The van der Waals surface area contributed by atoms with Crippen LogP contribution in [0.1, 0.15) is 13.3 Å². The zero-order valence-electron chi connectivity index (χ0n) is 9.98. The van der Waals surface area contributed by atoms with E-state index in [4.69, 9.17) is 4.74 Å². The molecule has 2 heterocycles. The van der Waals surface area contributed by atoms with Gasteiger partial charge in [0.05, 0.1) is 6.04 Å². The van der Waals surface area contributed by atoms with Gasteiger partial charge in [0, 0.05) is 29.7 Å². The van der Waals surface area contributed by atoms with Gasteiger partial charge in [-0.15, -0.1) is 0 Å². The van der Waals surface area contributed by atoms with E-state index in [2.05, 4.69) is 9.98 Å². The summed E-state index contributed by atoms with van der Waals surface area (Å²) in [5.41, 5.74) is 0.771. The Bertz CT molecular complexity index is 642. The van der Waals surface area contributed by atoms with E-state index < -0.39 is 0 Å². The summed E-state index contributed by atoms with van der Waals surface area (Å²) >= 11 is 0. The number of aromatic nitrogens is 1. The van der Waals surface area contributed by atoms with E-state index in [1.807, 2.05) is 13.0 Å². The summed E-state index contributed by atoms with van der Waals surface area (Å²) in [7, 11) is 0. The van der Waals surface area contributed by atoms with Gasteiger partial charge in [-0.2, -0.15) is 0 Å². The minimum absolute atomic E-state index is 0.184.